The molecule has 0 radical (unpaired) electrons. The van der Waals surface area contributed by atoms with E-state index < -0.39 is 0 Å². The van der Waals surface area contributed by atoms with Gasteiger partial charge in [-0.3, -0.25) is 0 Å². The third-order valence-corrected chi connectivity index (χ3v) is 1.35. The predicted octanol–water partition coefficient (Wildman–Crippen LogP) is 2.62. The maximum Gasteiger partial charge on any atom is 0.0829 e. The van der Waals surface area contributed by atoms with Crippen molar-refractivity contribution in [1.29, 1.82) is 0 Å². The standard InChI is InChI=1S/C6H10.C4H6O.2CH4O/c1-2-4-6-5-3-1;1-3-5-4-2;2*1-2/h1-2H,3-6H2;3-4H,1-2H2;2*2H,1H3. The van der Waals surface area contributed by atoms with Gasteiger partial charge in [-0.1, -0.05) is 25.3 Å². The smallest absolute Gasteiger partial charge is 0.0829 e. The third-order valence-electron chi connectivity index (χ3n) is 1.35. The van der Waals surface area contributed by atoms with Crippen LogP contribution in [-0.4, -0.2) is 24.4 Å². The molecule has 0 saturated carbocycles. The van der Waals surface area contributed by atoms with Crippen molar-refractivity contribution >= 4 is 0 Å². The SMILES string of the molecule is C1=CCCCC1.C=COC=C.CO.CO. The van der Waals surface area contributed by atoms with Crippen LogP contribution in [0.25, 0.3) is 0 Å². The summed E-state index contributed by atoms with van der Waals surface area (Å²) in [6, 6.07) is 0. The van der Waals surface area contributed by atoms with Crippen molar-refractivity contribution in [2.45, 2.75) is 25.7 Å². The van der Waals surface area contributed by atoms with Crippen molar-refractivity contribution in [3.8, 4) is 0 Å². The summed E-state index contributed by atoms with van der Waals surface area (Å²) in [6.07, 6.45) is 12.6. The van der Waals surface area contributed by atoms with Crippen LogP contribution in [0.15, 0.2) is 37.8 Å². The van der Waals surface area contributed by atoms with Crippen molar-refractivity contribution in [3.05, 3.63) is 37.8 Å². The zero-order chi connectivity index (χ0) is 12.4. The van der Waals surface area contributed by atoms with E-state index >= 15 is 0 Å². The number of hydrogen-bond donors (Lipinski definition) is 2. The largest absolute Gasteiger partial charge is 0.474 e. The van der Waals surface area contributed by atoms with Crippen LogP contribution in [0.3, 0.4) is 0 Å². The fourth-order valence-corrected chi connectivity index (χ4v) is 0.828. The summed E-state index contributed by atoms with van der Waals surface area (Å²) in [4.78, 5) is 0. The van der Waals surface area contributed by atoms with E-state index in [2.05, 4.69) is 30.0 Å². The molecule has 0 heterocycles. The van der Waals surface area contributed by atoms with Gasteiger partial charge in [0.2, 0.25) is 0 Å². The molecular formula is C12H24O3. The van der Waals surface area contributed by atoms with Crippen LogP contribution in [0.1, 0.15) is 25.7 Å². The second kappa shape index (κ2) is 29.3. The van der Waals surface area contributed by atoms with Crippen LogP contribution in [-0.2, 0) is 4.74 Å². The molecule has 0 spiro atoms. The highest BCUT2D eigenvalue weighted by Crippen LogP contribution is 2.07. The van der Waals surface area contributed by atoms with Crippen molar-refractivity contribution in [1.82, 2.24) is 0 Å². The summed E-state index contributed by atoms with van der Waals surface area (Å²) in [7, 11) is 2.00. The van der Waals surface area contributed by atoms with Gasteiger partial charge < -0.3 is 14.9 Å². The number of aliphatic hydroxyl groups excluding tert-OH is 2. The lowest BCUT2D eigenvalue weighted by atomic mass is 10.1. The summed E-state index contributed by atoms with van der Waals surface area (Å²) in [5, 5.41) is 14.0. The normalized spacial score (nSPS) is 11.2. The average Bonchev–Trinajstić information content (AvgIpc) is 2.38. The molecule has 90 valence electrons. The van der Waals surface area contributed by atoms with Gasteiger partial charge in [0.05, 0.1) is 12.5 Å². The van der Waals surface area contributed by atoms with Crippen LogP contribution in [0, 0.1) is 0 Å². The van der Waals surface area contributed by atoms with Crippen molar-refractivity contribution in [2.75, 3.05) is 14.2 Å². The lowest BCUT2D eigenvalue weighted by Crippen LogP contribution is -1.77. The highest BCUT2D eigenvalue weighted by atomic mass is 16.5. The van der Waals surface area contributed by atoms with Gasteiger partial charge in [-0.25, -0.2) is 0 Å². The van der Waals surface area contributed by atoms with Gasteiger partial charge in [0.15, 0.2) is 0 Å². The molecule has 1 aliphatic rings. The average molecular weight is 216 g/mol. The first-order valence-electron chi connectivity index (χ1n) is 4.83. The fourth-order valence-electron chi connectivity index (χ4n) is 0.828. The minimum absolute atomic E-state index is 1.00. The summed E-state index contributed by atoms with van der Waals surface area (Å²) >= 11 is 0. The molecular weight excluding hydrogens is 192 g/mol. The first-order chi connectivity index (χ1) is 7.41. The second-order valence-corrected chi connectivity index (χ2v) is 2.23. The molecule has 15 heavy (non-hydrogen) atoms. The van der Waals surface area contributed by atoms with Gasteiger partial charge in [0.25, 0.3) is 0 Å². The van der Waals surface area contributed by atoms with Crippen molar-refractivity contribution < 1.29 is 14.9 Å². The van der Waals surface area contributed by atoms with E-state index in [0.717, 1.165) is 14.2 Å². The van der Waals surface area contributed by atoms with Gasteiger partial charge in [0, 0.05) is 14.2 Å². The van der Waals surface area contributed by atoms with Gasteiger partial charge in [-0.05, 0) is 25.7 Å². The molecule has 0 atom stereocenters. The number of ether oxygens (including phenoxy) is 1. The number of hydrogen-bond acceptors (Lipinski definition) is 3. The molecule has 0 saturated heterocycles. The minimum atomic E-state index is 1.00. The molecule has 0 aliphatic heterocycles. The first kappa shape index (κ1) is 19.5. The lowest BCUT2D eigenvalue weighted by molar-refractivity contribution is 0.399. The quantitative estimate of drug-likeness (QED) is 0.551. The van der Waals surface area contributed by atoms with Gasteiger partial charge in [-0.15, -0.1) is 0 Å². The topological polar surface area (TPSA) is 49.7 Å². The van der Waals surface area contributed by atoms with Crippen molar-refractivity contribution in [3.63, 3.8) is 0 Å². The Bertz CT molecular complexity index is 117. The number of aliphatic hydroxyl groups is 2. The zero-order valence-corrected chi connectivity index (χ0v) is 9.85. The molecule has 1 aliphatic carbocycles. The first-order valence-corrected chi connectivity index (χ1v) is 4.83. The molecule has 2 N–H and O–H groups in total. The Kier molecular flexibility index (Phi) is 38.0. The number of rotatable bonds is 2. The lowest BCUT2D eigenvalue weighted by Gasteiger charge is -1.97. The monoisotopic (exact) mass is 216 g/mol. The molecule has 3 nitrogen and oxygen atoms in total. The highest BCUT2D eigenvalue weighted by molar-refractivity contribution is 4.85. The molecule has 0 unspecified atom stereocenters. The Morgan fingerprint density at radius 2 is 1.27 bits per heavy atom. The molecule has 1 rings (SSSR count). The van der Waals surface area contributed by atoms with E-state index in [1.54, 1.807) is 0 Å². The van der Waals surface area contributed by atoms with Crippen LogP contribution < -0.4 is 0 Å². The summed E-state index contributed by atoms with van der Waals surface area (Å²) in [5.74, 6) is 0. The summed E-state index contributed by atoms with van der Waals surface area (Å²) < 4.78 is 4.36. The molecule has 0 aromatic carbocycles. The molecule has 0 aromatic rings. The van der Waals surface area contributed by atoms with Crippen LogP contribution in [0.4, 0.5) is 0 Å². The maximum absolute atomic E-state index is 7.00. The summed E-state index contributed by atoms with van der Waals surface area (Å²) in [5.41, 5.74) is 0. The third kappa shape index (κ3) is 32.2. The molecule has 0 amide bonds. The highest BCUT2D eigenvalue weighted by Gasteiger charge is 1.87. The van der Waals surface area contributed by atoms with E-state index in [1.165, 1.54) is 38.2 Å². The Morgan fingerprint density at radius 3 is 1.33 bits per heavy atom. The Labute approximate surface area is 93.4 Å². The van der Waals surface area contributed by atoms with E-state index in [-0.39, 0.29) is 0 Å². The van der Waals surface area contributed by atoms with E-state index in [1.807, 2.05) is 0 Å². The maximum atomic E-state index is 7.00. The van der Waals surface area contributed by atoms with Crippen molar-refractivity contribution in [2.24, 2.45) is 0 Å². The Balaban J connectivity index is -0.000000146. The van der Waals surface area contributed by atoms with Crippen LogP contribution in [0.2, 0.25) is 0 Å². The summed E-state index contributed by atoms with van der Waals surface area (Å²) in [6.45, 7) is 6.51. The predicted molar refractivity (Wildman–Crippen MR) is 65.4 cm³/mol. The molecule has 0 bridgehead atoms. The van der Waals surface area contributed by atoms with E-state index in [0.29, 0.717) is 0 Å². The Morgan fingerprint density at radius 1 is 0.933 bits per heavy atom. The van der Waals surface area contributed by atoms with E-state index in [9.17, 15) is 0 Å². The second-order valence-electron chi connectivity index (χ2n) is 2.23. The molecule has 0 fully saturated rings. The van der Waals surface area contributed by atoms with Gasteiger partial charge >= 0.3 is 0 Å². The molecule has 0 aromatic heterocycles. The fraction of sp³-hybridized carbons (Fsp3) is 0.500. The van der Waals surface area contributed by atoms with Gasteiger partial charge in [0.1, 0.15) is 0 Å². The zero-order valence-electron chi connectivity index (χ0n) is 9.85. The van der Waals surface area contributed by atoms with Crippen LogP contribution in [0.5, 0.6) is 0 Å². The van der Waals surface area contributed by atoms with Gasteiger partial charge in [-0.2, -0.15) is 0 Å². The van der Waals surface area contributed by atoms with E-state index in [4.69, 9.17) is 10.2 Å². The van der Waals surface area contributed by atoms with Crippen LogP contribution >= 0.6 is 0 Å². The minimum Gasteiger partial charge on any atom is -0.474 e. The Hall–Kier alpha value is -1.06. The molecule has 3 heteroatoms. The number of allylic oxidation sites excluding steroid dienone is 2.